The number of aromatic nitrogens is 1. The maximum absolute atomic E-state index is 13.4. The van der Waals surface area contributed by atoms with Crippen LogP contribution in [0.4, 0.5) is 4.39 Å². The van der Waals surface area contributed by atoms with Gasteiger partial charge in [-0.1, -0.05) is 30.3 Å². The average Bonchev–Trinajstić information content (AvgIpc) is 3.05. The fourth-order valence-corrected chi connectivity index (χ4v) is 3.80. The third kappa shape index (κ3) is 2.64. The highest BCUT2D eigenvalue weighted by Gasteiger charge is 2.43. The summed E-state index contributed by atoms with van der Waals surface area (Å²) < 4.78 is 13.4. The van der Waals surface area contributed by atoms with Gasteiger partial charge in [-0.25, -0.2) is 9.18 Å². The van der Waals surface area contributed by atoms with E-state index in [0.717, 1.165) is 16.5 Å². The van der Waals surface area contributed by atoms with Gasteiger partial charge in [0.15, 0.2) is 0 Å². The van der Waals surface area contributed by atoms with Crippen LogP contribution in [0.5, 0.6) is 0 Å². The van der Waals surface area contributed by atoms with Gasteiger partial charge in [-0.2, -0.15) is 0 Å². The molecule has 0 spiro atoms. The normalized spacial score (nSPS) is 18.7. The quantitative estimate of drug-likeness (QED) is 0.689. The maximum Gasteiger partial charge on any atom is 0.326 e. The van der Waals surface area contributed by atoms with Gasteiger partial charge in [-0.15, -0.1) is 6.42 Å². The SMILES string of the molecule is C#CC(=O)N1[C@@H](c2ccc(F)cc2)c2[nH]c3ccccc3c2C[C@@H]1C(=O)O. The standard InChI is InChI=1S/C21H15FN2O3/c1-2-18(25)24-17(21(26)27)11-15-14-5-3-4-6-16(14)23-19(15)20(24)12-7-9-13(22)10-8-12/h1,3-10,17,20,23H,11H2,(H,26,27)/t17-,20+/m1/s1. The number of para-hydroxylation sites is 1. The molecule has 1 aliphatic rings. The molecule has 1 aliphatic heterocycles. The minimum absolute atomic E-state index is 0.139. The lowest BCUT2D eigenvalue weighted by Gasteiger charge is -2.39. The van der Waals surface area contributed by atoms with Crippen LogP contribution < -0.4 is 0 Å². The van der Waals surface area contributed by atoms with Gasteiger partial charge in [0.2, 0.25) is 0 Å². The van der Waals surface area contributed by atoms with Gasteiger partial charge in [0.25, 0.3) is 5.91 Å². The second-order valence-electron chi connectivity index (χ2n) is 6.43. The number of nitrogens with one attached hydrogen (secondary N) is 1. The first-order valence-corrected chi connectivity index (χ1v) is 8.38. The number of aromatic amines is 1. The highest BCUT2D eigenvalue weighted by Crippen LogP contribution is 2.40. The molecular formula is C21H15FN2O3. The molecule has 4 rings (SSSR count). The van der Waals surface area contributed by atoms with E-state index < -0.39 is 29.8 Å². The third-order valence-corrected chi connectivity index (χ3v) is 4.96. The number of carbonyl (C=O) groups is 2. The average molecular weight is 362 g/mol. The number of aliphatic carboxylic acids is 1. The summed E-state index contributed by atoms with van der Waals surface area (Å²) in [4.78, 5) is 28.9. The fourth-order valence-electron chi connectivity index (χ4n) is 3.80. The molecule has 0 saturated heterocycles. The van der Waals surface area contributed by atoms with Crippen molar-refractivity contribution >= 4 is 22.8 Å². The monoisotopic (exact) mass is 362 g/mol. The lowest BCUT2D eigenvalue weighted by Crippen LogP contribution is -2.51. The minimum atomic E-state index is -1.14. The molecule has 2 N–H and O–H groups in total. The van der Waals surface area contributed by atoms with Crippen LogP contribution in [0.25, 0.3) is 10.9 Å². The molecule has 27 heavy (non-hydrogen) atoms. The summed E-state index contributed by atoms with van der Waals surface area (Å²) in [6.07, 6.45) is 5.46. The minimum Gasteiger partial charge on any atom is -0.480 e. The topological polar surface area (TPSA) is 73.4 Å². The molecule has 2 atom stereocenters. The Bertz CT molecular complexity index is 1090. The summed E-state index contributed by atoms with van der Waals surface area (Å²) in [5.41, 5.74) is 2.95. The van der Waals surface area contributed by atoms with Crippen molar-refractivity contribution in [1.82, 2.24) is 9.88 Å². The van der Waals surface area contributed by atoms with Crippen LogP contribution in [0.2, 0.25) is 0 Å². The van der Waals surface area contributed by atoms with Gasteiger partial charge in [-0.3, -0.25) is 4.79 Å². The zero-order valence-corrected chi connectivity index (χ0v) is 14.1. The van der Waals surface area contributed by atoms with E-state index in [4.69, 9.17) is 6.42 Å². The number of fused-ring (bicyclic) bond motifs is 3. The molecule has 5 nitrogen and oxygen atoms in total. The van der Waals surface area contributed by atoms with Crippen molar-refractivity contribution in [2.45, 2.75) is 18.5 Å². The molecule has 2 heterocycles. The van der Waals surface area contributed by atoms with Gasteiger partial charge >= 0.3 is 5.97 Å². The largest absolute Gasteiger partial charge is 0.480 e. The van der Waals surface area contributed by atoms with Crippen molar-refractivity contribution in [3.05, 3.63) is 71.2 Å². The van der Waals surface area contributed by atoms with E-state index in [1.165, 1.54) is 29.2 Å². The van der Waals surface area contributed by atoms with E-state index in [2.05, 4.69) is 4.98 Å². The first-order chi connectivity index (χ1) is 13.0. The van der Waals surface area contributed by atoms with Crippen LogP contribution >= 0.6 is 0 Å². The van der Waals surface area contributed by atoms with Gasteiger partial charge in [0.1, 0.15) is 11.9 Å². The molecule has 0 saturated carbocycles. The Labute approximate surface area is 154 Å². The molecule has 3 aromatic rings. The number of terminal acetylenes is 1. The predicted molar refractivity (Wildman–Crippen MR) is 97.3 cm³/mol. The number of hydrogen-bond donors (Lipinski definition) is 2. The molecule has 1 amide bonds. The van der Waals surface area contributed by atoms with Crippen molar-refractivity contribution in [3.8, 4) is 12.3 Å². The Morgan fingerprint density at radius 3 is 2.56 bits per heavy atom. The Balaban J connectivity index is 2.00. The number of amides is 1. The van der Waals surface area contributed by atoms with Crippen molar-refractivity contribution in [1.29, 1.82) is 0 Å². The summed E-state index contributed by atoms with van der Waals surface area (Å²) in [5, 5.41) is 10.7. The second-order valence-corrected chi connectivity index (χ2v) is 6.43. The van der Waals surface area contributed by atoms with E-state index in [1.807, 2.05) is 30.2 Å². The van der Waals surface area contributed by atoms with E-state index in [-0.39, 0.29) is 6.42 Å². The highest BCUT2D eigenvalue weighted by atomic mass is 19.1. The first-order valence-electron chi connectivity index (χ1n) is 8.38. The lowest BCUT2D eigenvalue weighted by atomic mass is 9.88. The molecular weight excluding hydrogens is 347 g/mol. The molecule has 1 aromatic heterocycles. The molecule has 0 bridgehead atoms. The van der Waals surface area contributed by atoms with Gasteiger partial charge < -0.3 is 15.0 Å². The summed E-state index contributed by atoms with van der Waals surface area (Å²) in [7, 11) is 0. The summed E-state index contributed by atoms with van der Waals surface area (Å²) >= 11 is 0. The summed E-state index contributed by atoms with van der Waals surface area (Å²) in [5.74, 6) is -0.248. The Morgan fingerprint density at radius 2 is 1.89 bits per heavy atom. The predicted octanol–water partition coefficient (Wildman–Crippen LogP) is 2.87. The summed E-state index contributed by atoms with van der Waals surface area (Å²) in [6.45, 7) is 0. The first kappa shape index (κ1) is 16.9. The third-order valence-electron chi connectivity index (χ3n) is 4.96. The number of H-pyrrole nitrogens is 1. The number of nitrogens with zero attached hydrogens (tertiary/aromatic N) is 1. The van der Waals surface area contributed by atoms with Crippen LogP contribution in [-0.2, 0) is 16.0 Å². The number of halogens is 1. The zero-order valence-electron chi connectivity index (χ0n) is 14.1. The van der Waals surface area contributed by atoms with E-state index in [1.54, 1.807) is 0 Å². The Kier molecular flexibility index (Phi) is 3.93. The number of benzene rings is 2. The zero-order chi connectivity index (χ0) is 19.1. The van der Waals surface area contributed by atoms with Gasteiger partial charge in [0.05, 0.1) is 6.04 Å². The maximum atomic E-state index is 13.4. The van der Waals surface area contributed by atoms with Crippen molar-refractivity contribution in [2.75, 3.05) is 0 Å². The van der Waals surface area contributed by atoms with E-state index in [0.29, 0.717) is 11.3 Å². The number of carbonyl (C=O) groups excluding carboxylic acids is 1. The molecule has 6 heteroatoms. The van der Waals surface area contributed by atoms with Crippen LogP contribution in [0.1, 0.15) is 22.9 Å². The molecule has 0 radical (unpaired) electrons. The number of carboxylic acid groups (broad SMARTS) is 1. The van der Waals surface area contributed by atoms with Crippen LogP contribution in [-0.4, -0.2) is 32.9 Å². The lowest BCUT2D eigenvalue weighted by molar-refractivity contribution is -0.150. The molecule has 134 valence electrons. The van der Waals surface area contributed by atoms with Crippen LogP contribution in [0, 0.1) is 18.2 Å². The van der Waals surface area contributed by atoms with E-state index in [9.17, 15) is 19.1 Å². The van der Waals surface area contributed by atoms with Gasteiger partial charge in [-0.05, 0) is 35.2 Å². The Hall–Kier alpha value is -3.59. The van der Waals surface area contributed by atoms with Crippen LogP contribution in [0.3, 0.4) is 0 Å². The number of hydrogen-bond acceptors (Lipinski definition) is 2. The molecule has 0 unspecified atom stereocenters. The number of carboxylic acids is 1. The van der Waals surface area contributed by atoms with Crippen LogP contribution in [0.15, 0.2) is 48.5 Å². The van der Waals surface area contributed by atoms with Crippen molar-refractivity contribution < 1.29 is 19.1 Å². The molecule has 0 fully saturated rings. The number of rotatable bonds is 2. The molecule has 0 aliphatic carbocycles. The fraction of sp³-hybridized carbons (Fsp3) is 0.143. The smallest absolute Gasteiger partial charge is 0.326 e. The van der Waals surface area contributed by atoms with E-state index >= 15 is 0 Å². The molecule has 2 aromatic carbocycles. The summed E-state index contributed by atoms with van der Waals surface area (Å²) in [6, 6.07) is 11.3. The highest BCUT2D eigenvalue weighted by molar-refractivity contribution is 5.97. The van der Waals surface area contributed by atoms with Crippen molar-refractivity contribution in [3.63, 3.8) is 0 Å². The second kappa shape index (κ2) is 6.29. The van der Waals surface area contributed by atoms with Crippen molar-refractivity contribution in [2.24, 2.45) is 0 Å². The van der Waals surface area contributed by atoms with Gasteiger partial charge in [0, 0.05) is 23.0 Å². The Morgan fingerprint density at radius 1 is 1.19 bits per heavy atom.